The Labute approximate surface area is 87.1 Å². The molecule has 14 heavy (non-hydrogen) atoms. The van der Waals surface area contributed by atoms with Crippen LogP contribution >= 0.6 is 11.6 Å². The lowest BCUT2D eigenvalue weighted by atomic mass is 10.2. The van der Waals surface area contributed by atoms with E-state index in [0.29, 0.717) is 10.8 Å². The second kappa shape index (κ2) is 3.35. The molecule has 1 aromatic carbocycles. The van der Waals surface area contributed by atoms with E-state index in [9.17, 15) is 0 Å². The van der Waals surface area contributed by atoms with Crippen LogP contribution in [0.25, 0.3) is 5.69 Å². The van der Waals surface area contributed by atoms with E-state index in [1.54, 1.807) is 10.9 Å². The Morgan fingerprint density at radius 2 is 2.21 bits per heavy atom. The zero-order valence-corrected chi connectivity index (χ0v) is 8.49. The van der Waals surface area contributed by atoms with Gasteiger partial charge in [0.15, 0.2) is 5.82 Å². The lowest BCUT2D eigenvalue weighted by Gasteiger charge is -2.01. The highest BCUT2D eigenvalue weighted by Crippen LogP contribution is 2.18. The van der Waals surface area contributed by atoms with Crippen LogP contribution in [0, 0.1) is 6.92 Å². The molecule has 0 fully saturated rings. The number of nitrogens with two attached hydrogens (primary N) is 1. The lowest BCUT2D eigenvalue weighted by molar-refractivity contribution is 0.884. The summed E-state index contributed by atoms with van der Waals surface area (Å²) in [4.78, 5) is 0. The number of hydrogen-bond acceptors (Lipinski definition) is 2. The van der Waals surface area contributed by atoms with Gasteiger partial charge in [-0.05, 0) is 24.6 Å². The van der Waals surface area contributed by atoms with Gasteiger partial charge < -0.3 is 5.73 Å². The summed E-state index contributed by atoms with van der Waals surface area (Å²) in [5, 5.41) is 4.56. The van der Waals surface area contributed by atoms with Crippen molar-refractivity contribution in [2.24, 2.45) is 0 Å². The third kappa shape index (κ3) is 1.59. The van der Waals surface area contributed by atoms with Gasteiger partial charge in [-0.1, -0.05) is 23.7 Å². The standard InChI is InChI=1S/C10H10ClN3/c1-7-3-2-4-8(5-7)14-6-9(11)10(12)13-14/h2-6H,1H3,(H2,12,13). The number of nitrogen functional groups attached to an aromatic ring is 1. The molecule has 3 nitrogen and oxygen atoms in total. The molecular weight excluding hydrogens is 198 g/mol. The molecule has 0 atom stereocenters. The van der Waals surface area contributed by atoms with Crippen molar-refractivity contribution in [3.63, 3.8) is 0 Å². The summed E-state index contributed by atoms with van der Waals surface area (Å²) < 4.78 is 1.67. The zero-order chi connectivity index (χ0) is 10.1. The van der Waals surface area contributed by atoms with E-state index in [1.165, 1.54) is 5.56 Å². The molecule has 0 amide bonds. The van der Waals surface area contributed by atoms with Crippen LogP contribution < -0.4 is 5.73 Å². The molecule has 1 heterocycles. The van der Waals surface area contributed by atoms with Crippen LogP contribution in [0.1, 0.15) is 5.56 Å². The number of nitrogens with zero attached hydrogens (tertiary/aromatic N) is 2. The number of anilines is 1. The molecule has 0 unspecified atom stereocenters. The highest BCUT2D eigenvalue weighted by Gasteiger charge is 2.03. The van der Waals surface area contributed by atoms with Crippen LogP contribution in [-0.4, -0.2) is 9.78 Å². The predicted molar refractivity (Wildman–Crippen MR) is 57.7 cm³/mol. The van der Waals surface area contributed by atoms with Crippen LogP contribution in [0.15, 0.2) is 30.5 Å². The fourth-order valence-electron chi connectivity index (χ4n) is 1.27. The third-order valence-electron chi connectivity index (χ3n) is 1.96. The number of benzene rings is 1. The molecule has 0 bridgehead atoms. The van der Waals surface area contributed by atoms with Gasteiger partial charge in [0.2, 0.25) is 0 Å². The fraction of sp³-hybridized carbons (Fsp3) is 0.100. The summed E-state index contributed by atoms with van der Waals surface area (Å²) in [7, 11) is 0. The van der Waals surface area contributed by atoms with Crippen molar-refractivity contribution < 1.29 is 0 Å². The van der Waals surface area contributed by atoms with E-state index >= 15 is 0 Å². The molecule has 0 saturated heterocycles. The Kier molecular flexibility index (Phi) is 2.17. The minimum atomic E-state index is 0.355. The molecule has 0 aliphatic rings. The van der Waals surface area contributed by atoms with Crippen LogP contribution in [0.3, 0.4) is 0 Å². The van der Waals surface area contributed by atoms with Gasteiger partial charge in [-0.2, -0.15) is 0 Å². The van der Waals surface area contributed by atoms with Crippen molar-refractivity contribution in [2.75, 3.05) is 5.73 Å². The van der Waals surface area contributed by atoms with Gasteiger partial charge in [0.25, 0.3) is 0 Å². The maximum Gasteiger partial charge on any atom is 0.164 e. The van der Waals surface area contributed by atoms with Gasteiger partial charge in [-0.25, -0.2) is 4.68 Å². The average molecular weight is 208 g/mol. The summed E-state index contributed by atoms with van der Waals surface area (Å²) in [5.41, 5.74) is 7.69. The first-order valence-electron chi connectivity index (χ1n) is 4.24. The van der Waals surface area contributed by atoms with E-state index in [2.05, 4.69) is 5.10 Å². The summed E-state index contributed by atoms with van der Waals surface area (Å²) in [5.74, 6) is 0.355. The molecule has 1 aromatic heterocycles. The minimum Gasteiger partial charge on any atom is -0.381 e. The molecule has 2 N–H and O–H groups in total. The second-order valence-corrected chi connectivity index (χ2v) is 3.55. The van der Waals surface area contributed by atoms with Gasteiger partial charge in [-0.15, -0.1) is 5.10 Å². The van der Waals surface area contributed by atoms with Gasteiger partial charge in [-0.3, -0.25) is 0 Å². The Morgan fingerprint density at radius 3 is 2.79 bits per heavy atom. The predicted octanol–water partition coefficient (Wildman–Crippen LogP) is 2.42. The lowest BCUT2D eigenvalue weighted by Crippen LogP contribution is -1.96. The Hall–Kier alpha value is -1.48. The van der Waals surface area contributed by atoms with E-state index in [0.717, 1.165) is 5.69 Å². The molecule has 4 heteroatoms. The quantitative estimate of drug-likeness (QED) is 0.781. The number of aryl methyl sites for hydroxylation is 1. The Morgan fingerprint density at radius 1 is 1.43 bits per heavy atom. The van der Waals surface area contributed by atoms with Crippen molar-refractivity contribution in [1.29, 1.82) is 0 Å². The molecule has 0 saturated carbocycles. The Bertz CT molecular complexity index is 443. The van der Waals surface area contributed by atoms with E-state index in [1.807, 2.05) is 31.2 Å². The minimum absolute atomic E-state index is 0.355. The molecule has 0 aliphatic heterocycles. The van der Waals surface area contributed by atoms with Gasteiger partial charge in [0.05, 0.1) is 11.9 Å². The molecule has 72 valence electrons. The van der Waals surface area contributed by atoms with E-state index in [4.69, 9.17) is 17.3 Å². The van der Waals surface area contributed by atoms with Gasteiger partial charge in [0.1, 0.15) is 5.02 Å². The van der Waals surface area contributed by atoms with Gasteiger partial charge in [0, 0.05) is 0 Å². The smallest absolute Gasteiger partial charge is 0.164 e. The van der Waals surface area contributed by atoms with E-state index in [-0.39, 0.29) is 0 Å². The summed E-state index contributed by atoms with van der Waals surface area (Å²) >= 11 is 5.81. The first-order chi connectivity index (χ1) is 6.66. The van der Waals surface area contributed by atoms with Crippen LogP contribution in [0.5, 0.6) is 0 Å². The summed E-state index contributed by atoms with van der Waals surface area (Å²) in [6.07, 6.45) is 1.70. The molecule has 0 spiro atoms. The first kappa shape index (κ1) is 9.09. The van der Waals surface area contributed by atoms with Crippen LogP contribution in [0.2, 0.25) is 5.02 Å². The molecule has 2 rings (SSSR count). The molecule has 2 aromatic rings. The average Bonchev–Trinajstić information content (AvgIpc) is 2.47. The molecule has 0 radical (unpaired) electrons. The topological polar surface area (TPSA) is 43.8 Å². The maximum atomic E-state index is 5.81. The number of aromatic nitrogens is 2. The van der Waals surface area contributed by atoms with Crippen molar-refractivity contribution in [2.45, 2.75) is 6.92 Å². The maximum absolute atomic E-state index is 5.81. The van der Waals surface area contributed by atoms with E-state index < -0.39 is 0 Å². The largest absolute Gasteiger partial charge is 0.381 e. The summed E-state index contributed by atoms with van der Waals surface area (Å²) in [6.45, 7) is 2.03. The number of hydrogen-bond donors (Lipinski definition) is 1. The SMILES string of the molecule is Cc1cccc(-n2cc(Cl)c(N)n2)c1. The van der Waals surface area contributed by atoms with Crippen molar-refractivity contribution in [3.05, 3.63) is 41.0 Å². The van der Waals surface area contributed by atoms with Gasteiger partial charge >= 0.3 is 0 Å². The first-order valence-corrected chi connectivity index (χ1v) is 4.62. The highest BCUT2D eigenvalue weighted by atomic mass is 35.5. The van der Waals surface area contributed by atoms with Crippen molar-refractivity contribution in [1.82, 2.24) is 9.78 Å². The Balaban J connectivity index is 2.49. The van der Waals surface area contributed by atoms with Crippen molar-refractivity contribution in [3.8, 4) is 5.69 Å². The number of rotatable bonds is 1. The normalized spacial score (nSPS) is 10.4. The van der Waals surface area contributed by atoms with Crippen molar-refractivity contribution >= 4 is 17.4 Å². The molecule has 0 aliphatic carbocycles. The summed E-state index contributed by atoms with van der Waals surface area (Å²) in [6, 6.07) is 7.97. The van der Waals surface area contributed by atoms with Crippen LogP contribution in [-0.2, 0) is 0 Å². The molecular formula is C10H10ClN3. The monoisotopic (exact) mass is 207 g/mol. The second-order valence-electron chi connectivity index (χ2n) is 3.15. The fourth-order valence-corrected chi connectivity index (χ4v) is 1.40. The van der Waals surface area contributed by atoms with Crippen LogP contribution in [0.4, 0.5) is 5.82 Å². The third-order valence-corrected chi connectivity index (χ3v) is 2.25. The zero-order valence-electron chi connectivity index (χ0n) is 7.74. The highest BCUT2D eigenvalue weighted by molar-refractivity contribution is 6.32. The number of halogens is 1.